The van der Waals surface area contributed by atoms with Crippen LogP contribution in [-0.2, 0) is 0 Å². The Labute approximate surface area is 346 Å². The molecule has 2 aliphatic heterocycles. The Bertz CT molecular complexity index is 2900. The Kier molecular flexibility index (Phi) is 8.58. The lowest BCUT2D eigenvalue weighted by Crippen LogP contribution is -2.27. The first kappa shape index (κ1) is 35.1. The van der Waals surface area contributed by atoms with Crippen molar-refractivity contribution in [2.24, 2.45) is 0 Å². The summed E-state index contributed by atoms with van der Waals surface area (Å²) in [6, 6.07) is 54.5. The highest BCUT2D eigenvalue weighted by molar-refractivity contribution is 6.00. The number of hydrogen-bond donors (Lipinski definition) is 0. The van der Waals surface area contributed by atoms with Gasteiger partial charge in [-0.1, -0.05) is 153 Å². The number of anilines is 2. The number of allylic oxidation sites excluding steroid dienone is 5. The van der Waals surface area contributed by atoms with Crippen molar-refractivity contribution in [1.82, 2.24) is 9.97 Å². The molecule has 0 N–H and O–H groups in total. The van der Waals surface area contributed by atoms with E-state index >= 15 is 0 Å². The van der Waals surface area contributed by atoms with E-state index in [1.54, 1.807) is 0 Å². The van der Waals surface area contributed by atoms with Gasteiger partial charge in [0.2, 0.25) is 0 Å². The van der Waals surface area contributed by atoms with Crippen molar-refractivity contribution in [3.63, 3.8) is 0 Å². The Balaban J connectivity index is 0.00000196. The Morgan fingerprint density at radius 2 is 1.31 bits per heavy atom. The molecule has 3 unspecified atom stereocenters. The molecule has 5 aliphatic rings. The molecule has 0 bridgehead atoms. The van der Waals surface area contributed by atoms with E-state index in [1.165, 1.54) is 55.8 Å². The van der Waals surface area contributed by atoms with Gasteiger partial charge in [0.1, 0.15) is 17.7 Å². The van der Waals surface area contributed by atoms with E-state index in [2.05, 4.69) is 181 Å². The van der Waals surface area contributed by atoms with E-state index in [0.717, 1.165) is 58.2 Å². The van der Waals surface area contributed by atoms with Crippen molar-refractivity contribution < 1.29 is 4.74 Å². The second-order valence-corrected chi connectivity index (χ2v) is 15.5. The molecule has 6 aromatic carbocycles. The van der Waals surface area contributed by atoms with Gasteiger partial charge in [0.15, 0.2) is 5.82 Å². The van der Waals surface area contributed by atoms with Gasteiger partial charge in [-0.2, -0.15) is 0 Å². The van der Waals surface area contributed by atoms with Gasteiger partial charge >= 0.3 is 0 Å². The molecule has 0 fully saturated rings. The summed E-state index contributed by atoms with van der Waals surface area (Å²) >= 11 is 0. The predicted molar refractivity (Wildman–Crippen MR) is 243 cm³/mol. The predicted octanol–water partition coefficient (Wildman–Crippen LogP) is 13.8. The molecule has 0 saturated carbocycles. The standard InChI is InChI=1S/C53H37N3O.C2H6/c1-4-15-33(16-5-1)37-28-43-39-21-10-11-22-40(39)44-29-38(31-49-52(44)51(43)48(30-37)57-49)35-19-14-20-36(27-35)45-32-50(55-53(54-45)34-17-6-2-7-18-34)56-46-25-9-3-8-23-41(46)42-24-12-13-26-47(42)56;1-2/h1-8,10-24,26-32,46,48,51H,9,25H2;1-2H3. The molecule has 3 heterocycles. The van der Waals surface area contributed by atoms with E-state index in [1.807, 2.05) is 19.9 Å². The number of ether oxygens (including phenoxy) is 1. The van der Waals surface area contributed by atoms with E-state index in [9.17, 15) is 0 Å². The maximum Gasteiger partial charge on any atom is 0.162 e. The topological polar surface area (TPSA) is 38.2 Å². The van der Waals surface area contributed by atoms with Crippen LogP contribution in [0, 0.1) is 0 Å². The van der Waals surface area contributed by atoms with Gasteiger partial charge in [-0.05, 0) is 99.4 Å². The van der Waals surface area contributed by atoms with Crippen molar-refractivity contribution in [2.45, 2.75) is 44.8 Å². The molecule has 284 valence electrons. The van der Waals surface area contributed by atoms with Crippen LogP contribution in [0.1, 0.15) is 54.9 Å². The van der Waals surface area contributed by atoms with Crippen LogP contribution >= 0.6 is 0 Å². The summed E-state index contributed by atoms with van der Waals surface area (Å²) in [6.45, 7) is 4.00. The van der Waals surface area contributed by atoms with Gasteiger partial charge in [-0.15, -0.1) is 0 Å². The average molecular weight is 762 g/mol. The van der Waals surface area contributed by atoms with Crippen LogP contribution in [0.15, 0.2) is 182 Å². The molecule has 7 aromatic rings. The minimum absolute atomic E-state index is 0.0601. The second kappa shape index (κ2) is 14.4. The highest BCUT2D eigenvalue weighted by atomic mass is 16.5. The van der Waals surface area contributed by atoms with Crippen LogP contribution < -0.4 is 9.64 Å². The maximum absolute atomic E-state index is 6.93. The van der Waals surface area contributed by atoms with Gasteiger partial charge in [-0.3, -0.25) is 0 Å². The van der Waals surface area contributed by atoms with Crippen LogP contribution in [0.5, 0.6) is 5.75 Å². The Morgan fingerprint density at radius 3 is 2.14 bits per heavy atom. The van der Waals surface area contributed by atoms with E-state index in [4.69, 9.17) is 14.7 Å². The molecule has 0 radical (unpaired) electrons. The molecular formula is C55H43N3O. The molecule has 0 spiro atoms. The molecular weight excluding hydrogens is 719 g/mol. The number of benzene rings is 6. The largest absolute Gasteiger partial charge is 0.485 e. The third-order valence-electron chi connectivity index (χ3n) is 12.3. The summed E-state index contributed by atoms with van der Waals surface area (Å²) < 4.78 is 6.93. The lowest BCUT2D eigenvalue weighted by molar-refractivity contribution is 0.272. The number of aromatic nitrogens is 2. The van der Waals surface area contributed by atoms with Gasteiger partial charge in [0, 0.05) is 28.3 Å². The van der Waals surface area contributed by atoms with Crippen molar-refractivity contribution in [1.29, 1.82) is 0 Å². The van der Waals surface area contributed by atoms with Crippen LogP contribution in [0.25, 0.3) is 61.6 Å². The first-order chi connectivity index (χ1) is 29.2. The summed E-state index contributed by atoms with van der Waals surface area (Å²) in [4.78, 5) is 13.0. The molecule has 4 nitrogen and oxygen atoms in total. The smallest absolute Gasteiger partial charge is 0.162 e. The van der Waals surface area contributed by atoms with Crippen molar-refractivity contribution in [3.05, 3.63) is 204 Å². The lowest BCUT2D eigenvalue weighted by Gasteiger charge is -2.31. The second-order valence-electron chi connectivity index (χ2n) is 15.5. The minimum Gasteiger partial charge on any atom is -0.485 e. The normalized spacial score (nSPS) is 18.7. The van der Waals surface area contributed by atoms with Gasteiger partial charge in [0.25, 0.3) is 0 Å². The van der Waals surface area contributed by atoms with Crippen LogP contribution in [0.4, 0.5) is 11.5 Å². The number of hydrogen-bond acceptors (Lipinski definition) is 4. The van der Waals surface area contributed by atoms with Crippen molar-refractivity contribution in [2.75, 3.05) is 4.90 Å². The summed E-state index contributed by atoms with van der Waals surface area (Å²) in [5.74, 6) is 2.77. The summed E-state index contributed by atoms with van der Waals surface area (Å²) in [5.41, 5.74) is 17.9. The fourth-order valence-electron chi connectivity index (χ4n) is 9.77. The molecule has 0 amide bonds. The number of nitrogens with zero attached hydrogens (tertiary/aromatic N) is 3. The monoisotopic (exact) mass is 761 g/mol. The summed E-state index contributed by atoms with van der Waals surface area (Å²) in [5, 5.41) is 0. The lowest BCUT2D eigenvalue weighted by atomic mass is 9.70. The fraction of sp³-hybridized carbons (Fsp3) is 0.127. The van der Waals surface area contributed by atoms with E-state index < -0.39 is 0 Å². The molecule has 3 atom stereocenters. The van der Waals surface area contributed by atoms with Gasteiger partial charge in [-0.25, -0.2) is 9.97 Å². The van der Waals surface area contributed by atoms with Crippen molar-refractivity contribution in [3.8, 4) is 50.6 Å². The van der Waals surface area contributed by atoms with Gasteiger partial charge < -0.3 is 9.64 Å². The number of fused-ring (bicyclic) bond motifs is 6. The molecule has 3 aliphatic carbocycles. The Morgan fingerprint density at radius 1 is 0.593 bits per heavy atom. The van der Waals surface area contributed by atoms with Crippen LogP contribution in [0.2, 0.25) is 0 Å². The zero-order valence-electron chi connectivity index (χ0n) is 33.2. The first-order valence-corrected chi connectivity index (χ1v) is 21.0. The average Bonchev–Trinajstić information content (AvgIpc) is 3.73. The maximum atomic E-state index is 6.93. The SMILES string of the molecule is C1=CCCC2C(=C1)c1ccccc1N2c1cc(-c2cccc(-c3cc4c5c(c3)-c3ccccc3C3=CC(c6ccccc6)=CC(O4)C35)c2)nc(-c2ccccc2)n1.CC. The molecule has 1 aromatic heterocycles. The molecule has 59 heavy (non-hydrogen) atoms. The number of para-hydroxylation sites is 1. The summed E-state index contributed by atoms with van der Waals surface area (Å²) in [6.07, 6.45) is 13.5. The van der Waals surface area contributed by atoms with Crippen molar-refractivity contribution >= 4 is 28.2 Å². The highest BCUT2D eigenvalue weighted by Crippen LogP contribution is 2.59. The van der Waals surface area contributed by atoms with Crippen LogP contribution in [0.3, 0.4) is 0 Å². The third-order valence-corrected chi connectivity index (χ3v) is 12.3. The minimum atomic E-state index is -0.0601. The van der Waals surface area contributed by atoms with Crippen LogP contribution in [-0.4, -0.2) is 22.1 Å². The molecule has 4 heteroatoms. The molecule has 12 rings (SSSR count). The van der Waals surface area contributed by atoms with E-state index in [-0.39, 0.29) is 18.1 Å². The zero-order valence-corrected chi connectivity index (χ0v) is 33.2. The van der Waals surface area contributed by atoms with E-state index in [0.29, 0.717) is 0 Å². The first-order valence-electron chi connectivity index (χ1n) is 21.0. The number of rotatable bonds is 5. The summed E-state index contributed by atoms with van der Waals surface area (Å²) in [7, 11) is 0. The quantitative estimate of drug-likeness (QED) is 0.175. The third kappa shape index (κ3) is 5.81. The Hall–Kier alpha value is -7.04. The van der Waals surface area contributed by atoms with Gasteiger partial charge in [0.05, 0.1) is 23.3 Å². The fourth-order valence-corrected chi connectivity index (χ4v) is 9.77. The molecule has 0 saturated heterocycles. The highest BCUT2D eigenvalue weighted by Gasteiger charge is 2.44. The zero-order chi connectivity index (χ0) is 39.5.